The third kappa shape index (κ3) is 4.29. The highest BCUT2D eigenvalue weighted by Crippen LogP contribution is 2.38. The highest BCUT2D eigenvalue weighted by Gasteiger charge is 2.22. The zero-order chi connectivity index (χ0) is 18.4. The summed E-state index contributed by atoms with van der Waals surface area (Å²) in [6, 6.07) is 18.6. The molecule has 0 aromatic heterocycles. The van der Waals surface area contributed by atoms with Crippen LogP contribution in [-0.2, 0) is 11.2 Å². The van der Waals surface area contributed by atoms with Gasteiger partial charge in [-0.25, -0.2) is 0 Å². The quantitative estimate of drug-likeness (QED) is 0.552. The van der Waals surface area contributed by atoms with Gasteiger partial charge in [-0.15, -0.1) is 0 Å². The average molecular weight is 342 g/mol. The van der Waals surface area contributed by atoms with Gasteiger partial charge in [-0.05, 0) is 35.1 Å². The summed E-state index contributed by atoms with van der Waals surface area (Å²) in [7, 11) is 0. The van der Waals surface area contributed by atoms with E-state index in [1.165, 1.54) is 16.7 Å². The van der Waals surface area contributed by atoms with Gasteiger partial charge < -0.3 is 0 Å². The lowest BCUT2D eigenvalue weighted by Gasteiger charge is -2.18. The van der Waals surface area contributed by atoms with Crippen molar-refractivity contribution in [2.45, 2.75) is 32.6 Å². The molecule has 1 nitrogen and oxygen atoms in total. The Kier molecular flexibility index (Phi) is 6.01. The number of carbonyl (C=O) groups is 1. The first-order valence-electron chi connectivity index (χ1n) is 9.40. The molecule has 26 heavy (non-hydrogen) atoms. The second kappa shape index (κ2) is 8.62. The summed E-state index contributed by atoms with van der Waals surface area (Å²) in [5.74, 6) is 0.748. The molecule has 1 aliphatic carbocycles. The molecule has 0 aliphatic heterocycles. The topological polar surface area (TPSA) is 17.1 Å². The first-order chi connectivity index (χ1) is 12.7. The van der Waals surface area contributed by atoms with Gasteiger partial charge in [-0.1, -0.05) is 91.9 Å². The molecule has 0 heterocycles. The van der Waals surface area contributed by atoms with Gasteiger partial charge in [0.1, 0.15) is 5.78 Å². The molecular weight excluding hydrogens is 316 g/mol. The second-order valence-electron chi connectivity index (χ2n) is 6.85. The Hall–Kier alpha value is -2.67. The molecule has 132 valence electrons. The first kappa shape index (κ1) is 18.1. The highest BCUT2D eigenvalue weighted by atomic mass is 16.1. The van der Waals surface area contributed by atoms with Crippen molar-refractivity contribution in [3.05, 3.63) is 95.6 Å². The molecule has 1 unspecified atom stereocenters. The van der Waals surface area contributed by atoms with Crippen LogP contribution in [0, 0.1) is 5.92 Å². The Morgan fingerprint density at radius 2 is 1.77 bits per heavy atom. The SMILES string of the molecule is C=Cc1ccc(CC(=O)CCC2=CC=C(c3ccccc3)C2CC)cc1. The third-order valence-corrected chi connectivity index (χ3v) is 5.12. The largest absolute Gasteiger partial charge is 0.299 e. The van der Waals surface area contributed by atoms with Crippen molar-refractivity contribution in [3.8, 4) is 0 Å². The minimum atomic E-state index is 0.306. The Balaban J connectivity index is 1.56. The highest BCUT2D eigenvalue weighted by molar-refractivity contribution is 5.82. The van der Waals surface area contributed by atoms with E-state index in [0.29, 0.717) is 24.5 Å². The van der Waals surface area contributed by atoms with E-state index < -0.39 is 0 Å². The van der Waals surface area contributed by atoms with Crippen LogP contribution in [0.2, 0.25) is 0 Å². The molecular formula is C25H26O. The summed E-state index contributed by atoms with van der Waals surface area (Å²) < 4.78 is 0. The van der Waals surface area contributed by atoms with Crippen molar-refractivity contribution in [2.24, 2.45) is 5.92 Å². The Bertz CT molecular complexity index is 822. The predicted molar refractivity (Wildman–Crippen MR) is 111 cm³/mol. The minimum absolute atomic E-state index is 0.306. The van der Waals surface area contributed by atoms with Crippen LogP contribution in [0.15, 0.2) is 78.9 Å². The van der Waals surface area contributed by atoms with Gasteiger partial charge in [0.05, 0.1) is 0 Å². The van der Waals surface area contributed by atoms with E-state index in [0.717, 1.165) is 24.0 Å². The minimum Gasteiger partial charge on any atom is -0.299 e. The molecule has 2 aromatic carbocycles. The predicted octanol–water partition coefficient (Wildman–Crippen LogP) is 6.27. The average Bonchev–Trinajstić information content (AvgIpc) is 3.10. The van der Waals surface area contributed by atoms with Crippen molar-refractivity contribution < 1.29 is 4.79 Å². The number of hydrogen-bond donors (Lipinski definition) is 0. The summed E-state index contributed by atoms with van der Waals surface area (Å²) in [5.41, 5.74) is 6.23. The van der Waals surface area contributed by atoms with Gasteiger partial charge >= 0.3 is 0 Å². The van der Waals surface area contributed by atoms with Crippen molar-refractivity contribution in [1.29, 1.82) is 0 Å². The normalized spacial score (nSPS) is 16.1. The maximum atomic E-state index is 12.4. The maximum Gasteiger partial charge on any atom is 0.137 e. The standard InChI is InChI=1S/C25H26O/c1-3-19-10-12-20(13-11-19)18-23(26)16-14-22-15-17-25(24(22)4-2)21-8-6-5-7-9-21/h3,5-13,15,17,24H,1,4,14,16,18H2,2H3. The number of rotatable bonds is 8. The lowest BCUT2D eigenvalue weighted by Crippen LogP contribution is -2.07. The van der Waals surface area contributed by atoms with Crippen LogP contribution in [0.3, 0.4) is 0 Å². The molecule has 0 radical (unpaired) electrons. The summed E-state index contributed by atoms with van der Waals surface area (Å²) in [5, 5.41) is 0. The zero-order valence-corrected chi connectivity index (χ0v) is 15.4. The van der Waals surface area contributed by atoms with Gasteiger partial charge in [0, 0.05) is 18.8 Å². The van der Waals surface area contributed by atoms with Crippen LogP contribution in [0.5, 0.6) is 0 Å². The molecule has 1 heteroatoms. The van der Waals surface area contributed by atoms with Crippen LogP contribution in [0.25, 0.3) is 11.6 Å². The van der Waals surface area contributed by atoms with E-state index >= 15 is 0 Å². The fourth-order valence-electron chi connectivity index (χ4n) is 3.67. The van der Waals surface area contributed by atoms with E-state index in [2.05, 4.69) is 56.0 Å². The monoisotopic (exact) mass is 342 g/mol. The van der Waals surface area contributed by atoms with Crippen LogP contribution in [-0.4, -0.2) is 5.78 Å². The first-order valence-corrected chi connectivity index (χ1v) is 9.40. The van der Waals surface area contributed by atoms with Gasteiger partial charge in [0.15, 0.2) is 0 Å². The molecule has 1 aliphatic rings. The second-order valence-corrected chi connectivity index (χ2v) is 6.85. The third-order valence-electron chi connectivity index (χ3n) is 5.12. The number of carbonyl (C=O) groups excluding carboxylic acids is 1. The molecule has 3 rings (SSSR count). The summed E-state index contributed by atoms with van der Waals surface area (Å²) in [4.78, 5) is 12.4. The fraction of sp³-hybridized carbons (Fsp3) is 0.240. The van der Waals surface area contributed by atoms with Crippen molar-refractivity contribution in [1.82, 2.24) is 0 Å². The van der Waals surface area contributed by atoms with Gasteiger partial charge in [0.25, 0.3) is 0 Å². The van der Waals surface area contributed by atoms with Crippen LogP contribution in [0.1, 0.15) is 42.9 Å². The lowest BCUT2D eigenvalue weighted by atomic mass is 9.86. The van der Waals surface area contributed by atoms with Crippen LogP contribution >= 0.6 is 0 Å². The summed E-state index contributed by atoms with van der Waals surface area (Å²) in [6.07, 6.45) is 9.33. The van der Waals surface area contributed by atoms with E-state index in [-0.39, 0.29) is 0 Å². The van der Waals surface area contributed by atoms with Crippen molar-refractivity contribution in [3.63, 3.8) is 0 Å². The van der Waals surface area contributed by atoms with Crippen molar-refractivity contribution in [2.75, 3.05) is 0 Å². The van der Waals surface area contributed by atoms with Gasteiger partial charge in [-0.2, -0.15) is 0 Å². The smallest absolute Gasteiger partial charge is 0.137 e. The molecule has 0 saturated heterocycles. The number of hydrogen-bond acceptors (Lipinski definition) is 1. The van der Waals surface area contributed by atoms with E-state index in [9.17, 15) is 4.79 Å². The number of Topliss-reactive ketones (excluding diaryl/α,β-unsaturated/α-hetero) is 1. The van der Waals surface area contributed by atoms with Crippen molar-refractivity contribution >= 4 is 17.4 Å². The summed E-state index contributed by atoms with van der Waals surface area (Å²) >= 11 is 0. The molecule has 0 fully saturated rings. The fourth-order valence-corrected chi connectivity index (χ4v) is 3.67. The number of ketones is 1. The molecule has 0 bridgehead atoms. The number of benzene rings is 2. The molecule has 0 amide bonds. The molecule has 0 spiro atoms. The Morgan fingerprint density at radius 3 is 2.42 bits per heavy atom. The maximum absolute atomic E-state index is 12.4. The molecule has 0 N–H and O–H groups in total. The summed E-state index contributed by atoms with van der Waals surface area (Å²) in [6.45, 7) is 5.99. The molecule has 1 atom stereocenters. The van der Waals surface area contributed by atoms with E-state index in [1.54, 1.807) is 0 Å². The number of allylic oxidation sites excluding steroid dienone is 4. The van der Waals surface area contributed by atoms with Crippen LogP contribution in [0.4, 0.5) is 0 Å². The molecule has 2 aromatic rings. The Morgan fingerprint density at radius 1 is 1.04 bits per heavy atom. The van der Waals surface area contributed by atoms with E-state index in [1.807, 2.05) is 30.3 Å². The molecule has 0 saturated carbocycles. The zero-order valence-electron chi connectivity index (χ0n) is 15.4. The van der Waals surface area contributed by atoms with Crippen LogP contribution < -0.4 is 0 Å². The van der Waals surface area contributed by atoms with Gasteiger partial charge in [0.2, 0.25) is 0 Å². The Labute approximate surface area is 156 Å². The van der Waals surface area contributed by atoms with Gasteiger partial charge in [-0.3, -0.25) is 4.79 Å². The van der Waals surface area contributed by atoms with E-state index in [4.69, 9.17) is 0 Å². The lowest BCUT2D eigenvalue weighted by molar-refractivity contribution is -0.118.